The number of amides is 2. The van der Waals surface area contributed by atoms with Gasteiger partial charge in [-0.05, 0) is 24.6 Å². The monoisotopic (exact) mass is 355 g/mol. The predicted molar refractivity (Wildman–Crippen MR) is 77.9 cm³/mol. The summed E-state index contributed by atoms with van der Waals surface area (Å²) >= 11 is 0. The quantitative estimate of drug-likeness (QED) is 0.602. The molecular weight excluding hydrogens is 346 g/mol. The molecule has 0 saturated carbocycles. The summed E-state index contributed by atoms with van der Waals surface area (Å²) in [5.74, 6) is -3.60. The summed E-state index contributed by atoms with van der Waals surface area (Å²) in [4.78, 5) is 35.5. The Hall–Kier alpha value is -3.17. The van der Waals surface area contributed by atoms with E-state index in [0.717, 1.165) is 19.1 Å². The summed E-state index contributed by atoms with van der Waals surface area (Å²) in [5.41, 5.74) is 2.07. The molecule has 2 aromatic rings. The Labute approximate surface area is 136 Å². The van der Waals surface area contributed by atoms with E-state index in [-0.39, 0.29) is 22.8 Å². The number of halogens is 4. The molecule has 1 aliphatic heterocycles. The minimum Gasteiger partial charge on any atom is -0.384 e. The molecule has 10 heteroatoms. The van der Waals surface area contributed by atoms with Crippen LogP contribution >= 0.6 is 0 Å². The molecule has 1 aliphatic rings. The van der Waals surface area contributed by atoms with Gasteiger partial charge in [-0.2, -0.15) is 13.2 Å². The highest BCUT2D eigenvalue weighted by Gasteiger charge is 2.35. The molecule has 0 radical (unpaired) electrons. The van der Waals surface area contributed by atoms with E-state index in [1.54, 1.807) is 0 Å². The molecule has 0 saturated heterocycles. The smallest absolute Gasteiger partial charge is 0.384 e. The molecule has 2 heterocycles. The fourth-order valence-electron chi connectivity index (χ4n) is 2.67. The number of fused-ring (bicyclic) bond motifs is 1. The topological polar surface area (TPSA) is 94.2 Å². The summed E-state index contributed by atoms with van der Waals surface area (Å²) in [6.45, 7) is 1.09. The molecule has 25 heavy (non-hydrogen) atoms. The second-order valence-electron chi connectivity index (χ2n) is 5.39. The van der Waals surface area contributed by atoms with Crippen molar-refractivity contribution in [2.45, 2.75) is 13.1 Å². The molecule has 0 atom stereocenters. The molecule has 0 fully saturated rings. The molecule has 0 bridgehead atoms. The number of nitrogens with one attached hydrogen (secondary N) is 1. The van der Waals surface area contributed by atoms with Crippen LogP contribution in [0.4, 0.5) is 23.4 Å². The Kier molecular flexibility index (Phi) is 3.44. The van der Waals surface area contributed by atoms with Crippen molar-refractivity contribution in [2.75, 3.05) is 5.73 Å². The van der Waals surface area contributed by atoms with Crippen LogP contribution in [0.1, 0.15) is 31.8 Å². The van der Waals surface area contributed by atoms with Crippen molar-refractivity contribution in [1.29, 1.82) is 0 Å². The lowest BCUT2D eigenvalue weighted by Crippen LogP contribution is -2.25. The third-order valence-corrected chi connectivity index (χ3v) is 3.79. The minimum atomic E-state index is -4.77. The van der Waals surface area contributed by atoms with Gasteiger partial charge in [0.05, 0.1) is 22.4 Å². The molecule has 1 aromatic heterocycles. The molecule has 3 rings (SSSR count). The number of carbonyl (C=O) groups is 2. The molecule has 1 aromatic carbocycles. The zero-order valence-corrected chi connectivity index (χ0v) is 12.5. The maximum absolute atomic E-state index is 14.2. The number of nitrogens with two attached hydrogens (primary N) is 1. The number of aromatic nitrogens is 1. The van der Waals surface area contributed by atoms with Crippen molar-refractivity contribution < 1.29 is 27.2 Å². The molecule has 3 N–H and O–H groups in total. The van der Waals surface area contributed by atoms with E-state index in [0.29, 0.717) is 4.57 Å². The maximum Gasteiger partial charge on any atom is 0.416 e. The normalized spacial score (nSPS) is 13.8. The number of pyridine rings is 1. The van der Waals surface area contributed by atoms with Gasteiger partial charge in [0.15, 0.2) is 0 Å². The highest BCUT2D eigenvalue weighted by Crippen LogP contribution is 2.34. The van der Waals surface area contributed by atoms with Crippen LogP contribution in [0.25, 0.3) is 5.69 Å². The number of aryl methyl sites for hydroxylation is 1. The summed E-state index contributed by atoms with van der Waals surface area (Å²) < 4.78 is 53.3. The van der Waals surface area contributed by atoms with Crippen LogP contribution in [0.3, 0.4) is 0 Å². The van der Waals surface area contributed by atoms with Crippen LogP contribution in [0.2, 0.25) is 0 Å². The van der Waals surface area contributed by atoms with Crippen LogP contribution < -0.4 is 16.6 Å². The standard InChI is InChI=1S/C15H9F4N3O3/c1-5-2-9(8(16)4-7(5)15(17,18)19)22-10(23)3-6-11(12(22)20)14(25)21-13(6)24/h2-4H,20H2,1H3,(H,21,24,25). The van der Waals surface area contributed by atoms with Crippen LogP contribution in [-0.2, 0) is 6.18 Å². The highest BCUT2D eigenvalue weighted by atomic mass is 19.4. The number of nitrogens with zero attached hydrogens (tertiary/aromatic N) is 1. The second-order valence-corrected chi connectivity index (χ2v) is 5.39. The fraction of sp³-hybridized carbons (Fsp3) is 0.133. The molecule has 2 amide bonds. The summed E-state index contributed by atoms with van der Waals surface area (Å²) in [6.07, 6.45) is -4.77. The van der Waals surface area contributed by atoms with Gasteiger partial charge in [0.25, 0.3) is 17.4 Å². The van der Waals surface area contributed by atoms with Crippen LogP contribution in [0.15, 0.2) is 23.0 Å². The summed E-state index contributed by atoms with van der Waals surface area (Å²) in [5, 5.41) is 1.93. The number of imide groups is 1. The Morgan fingerprint density at radius 1 is 1.08 bits per heavy atom. The first kappa shape index (κ1) is 16.7. The van der Waals surface area contributed by atoms with Crippen molar-refractivity contribution >= 4 is 17.6 Å². The van der Waals surface area contributed by atoms with Gasteiger partial charge in [-0.25, -0.2) is 4.39 Å². The second kappa shape index (κ2) is 5.16. The Morgan fingerprint density at radius 2 is 1.72 bits per heavy atom. The van der Waals surface area contributed by atoms with Crippen LogP contribution in [0, 0.1) is 12.7 Å². The highest BCUT2D eigenvalue weighted by molar-refractivity contribution is 6.23. The number of alkyl halides is 3. The molecular formula is C15H9F4N3O3. The fourth-order valence-corrected chi connectivity index (χ4v) is 2.67. The number of hydrogen-bond acceptors (Lipinski definition) is 4. The first-order valence-electron chi connectivity index (χ1n) is 6.81. The van der Waals surface area contributed by atoms with Crippen molar-refractivity contribution in [3.8, 4) is 5.69 Å². The third-order valence-electron chi connectivity index (χ3n) is 3.79. The van der Waals surface area contributed by atoms with E-state index in [1.165, 1.54) is 0 Å². The van der Waals surface area contributed by atoms with Gasteiger partial charge in [0.2, 0.25) is 0 Å². The minimum absolute atomic E-state index is 0.245. The van der Waals surface area contributed by atoms with Gasteiger partial charge < -0.3 is 5.73 Å². The summed E-state index contributed by atoms with van der Waals surface area (Å²) in [6, 6.07) is 1.82. The van der Waals surface area contributed by atoms with E-state index in [2.05, 4.69) is 0 Å². The number of nitrogen functional groups attached to an aromatic ring is 1. The largest absolute Gasteiger partial charge is 0.416 e. The first-order valence-corrected chi connectivity index (χ1v) is 6.81. The van der Waals surface area contributed by atoms with Gasteiger partial charge in [-0.1, -0.05) is 0 Å². The van der Waals surface area contributed by atoms with Crippen molar-refractivity contribution in [3.63, 3.8) is 0 Å². The number of carbonyl (C=O) groups excluding carboxylic acids is 2. The maximum atomic E-state index is 14.2. The van der Waals surface area contributed by atoms with Gasteiger partial charge in [-0.15, -0.1) is 0 Å². The van der Waals surface area contributed by atoms with Crippen molar-refractivity contribution in [1.82, 2.24) is 9.88 Å². The molecule has 0 unspecified atom stereocenters. The Morgan fingerprint density at radius 3 is 2.32 bits per heavy atom. The zero-order chi connectivity index (χ0) is 18.7. The van der Waals surface area contributed by atoms with Gasteiger partial charge in [-0.3, -0.25) is 24.3 Å². The summed E-state index contributed by atoms with van der Waals surface area (Å²) in [7, 11) is 0. The third kappa shape index (κ3) is 2.46. The first-order chi connectivity index (χ1) is 11.5. The van der Waals surface area contributed by atoms with Crippen LogP contribution in [0.5, 0.6) is 0 Å². The number of rotatable bonds is 1. The van der Waals surface area contributed by atoms with E-state index < -0.39 is 46.4 Å². The van der Waals surface area contributed by atoms with Crippen molar-refractivity contribution in [2.24, 2.45) is 0 Å². The van der Waals surface area contributed by atoms with Gasteiger partial charge in [0.1, 0.15) is 11.6 Å². The predicted octanol–water partition coefficient (Wildman–Crippen LogP) is 1.77. The lowest BCUT2D eigenvalue weighted by molar-refractivity contribution is -0.138. The molecule has 0 spiro atoms. The Balaban J connectivity index is 2.31. The number of benzene rings is 1. The number of anilines is 1. The lowest BCUT2D eigenvalue weighted by Gasteiger charge is -2.16. The van der Waals surface area contributed by atoms with Gasteiger partial charge in [0, 0.05) is 6.07 Å². The van der Waals surface area contributed by atoms with Gasteiger partial charge >= 0.3 is 6.18 Å². The SMILES string of the molecule is Cc1cc(-n2c(N)c3c(cc2=O)C(=O)NC3=O)c(F)cc1C(F)(F)F. The average Bonchev–Trinajstić information content (AvgIpc) is 2.75. The zero-order valence-electron chi connectivity index (χ0n) is 12.5. The lowest BCUT2D eigenvalue weighted by atomic mass is 10.1. The molecule has 0 aliphatic carbocycles. The van der Waals surface area contributed by atoms with E-state index in [1.807, 2.05) is 5.32 Å². The van der Waals surface area contributed by atoms with E-state index in [4.69, 9.17) is 5.73 Å². The van der Waals surface area contributed by atoms with E-state index >= 15 is 0 Å². The number of hydrogen-bond donors (Lipinski definition) is 2. The van der Waals surface area contributed by atoms with Crippen LogP contribution in [-0.4, -0.2) is 16.4 Å². The Bertz CT molecular complexity index is 1010. The van der Waals surface area contributed by atoms with E-state index in [9.17, 15) is 31.9 Å². The van der Waals surface area contributed by atoms with Crippen molar-refractivity contribution in [3.05, 3.63) is 56.6 Å². The molecule has 6 nitrogen and oxygen atoms in total. The molecule has 130 valence electrons. The average molecular weight is 355 g/mol.